The maximum atomic E-state index is 12.2. The van der Waals surface area contributed by atoms with Gasteiger partial charge in [-0.05, 0) is 12.1 Å². The molecular formula is C16H17N3O3S2. The van der Waals surface area contributed by atoms with Crippen molar-refractivity contribution in [1.29, 1.82) is 0 Å². The van der Waals surface area contributed by atoms with Crippen molar-refractivity contribution in [3.63, 3.8) is 0 Å². The lowest BCUT2D eigenvalue weighted by Crippen LogP contribution is -2.40. The Morgan fingerprint density at radius 3 is 2.58 bits per heavy atom. The van der Waals surface area contributed by atoms with Crippen LogP contribution >= 0.6 is 23.1 Å². The third kappa shape index (κ3) is 3.88. The molecule has 3 rings (SSSR count). The van der Waals surface area contributed by atoms with Gasteiger partial charge in [0.05, 0.1) is 18.4 Å². The molecule has 1 aromatic carbocycles. The number of esters is 1. The molecule has 1 saturated heterocycles. The summed E-state index contributed by atoms with van der Waals surface area (Å²) in [5.74, 6) is 1.58. The van der Waals surface area contributed by atoms with Gasteiger partial charge in [-0.3, -0.25) is 5.32 Å². The molecule has 0 aliphatic carbocycles. The second kappa shape index (κ2) is 7.67. The number of hydrogen-bond acceptors (Lipinski definition) is 6. The van der Waals surface area contributed by atoms with Gasteiger partial charge in [-0.15, -0.1) is 11.3 Å². The molecule has 2 amide bonds. The van der Waals surface area contributed by atoms with Crippen molar-refractivity contribution in [2.75, 3.05) is 37.0 Å². The summed E-state index contributed by atoms with van der Waals surface area (Å²) in [5.41, 5.74) is 2.14. The fourth-order valence-electron chi connectivity index (χ4n) is 2.30. The van der Waals surface area contributed by atoms with E-state index in [1.807, 2.05) is 34.2 Å². The van der Waals surface area contributed by atoms with Crippen LogP contribution in [0.3, 0.4) is 0 Å². The number of aromatic nitrogens is 1. The molecule has 2 aromatic rings. The number of hydrogen-bond donors (Lipinski definition) is 1. The number of thiazole rings is 1. The van der Waals surface area contributed by atoms with Crippen molar-refractivity contribution in [1.82, 2.24) is 9.88 Å². The maximum absolute atomic E-state index is 12.2. The Morgan fingerprint density at radius 2 is 1.92 bits per heavy atom. The quantitative estimate of drug-likeness (QED) is 0.848. The summed E-state index contributed by atoms with van der Waals surface area (Å²) in [5, 5.41) is 5.31. The van der Waals surface area contributed by atoms with Crippen LogP contribution in [0.4, 0.5) is 9.93 Å². The first-order valence-corrected chi connectivity index (χ1v) is 9.49. The number of nitrogens with zero attached hydrogens (tertiary/aromatic N) is 2. The highest BCUT2D eigenvalue weighted by molar-refractivity contribution is 7.99. The minimum Gasteiger partial charge on any atom is -0.465 e. The third-order valence-corrected chi connectivity index (χ3v) is 5.32. The number of thioether (sulfide) groups is 1. The number of carbonyl (C=O) groups is 2. The molecule has 1 aromatic heterocycles. The van der Waals surface area contributed by atoms with Gasteiger partial charge in [0.2, 0.25) is 0 Å². The summed E-state index contributed by atoms with van der Waals surface area (Å²) in [4.78, 5) is 29.9. The van der Waals surface area contributed by atoms with Crippen molar-refractivity contribution < 1.29 is 14.3 Å². The van der Waals surface area contributed by atoms with Crippen molar-refractivity contribution in [2.45, 2.75) is 0 Å². The first kappa shape index (κ1) is 16.8. The van der Waals surface area contributed by atoms with E-state index in [9.17, 15) is 9.59 Å². The molecule has 126 valence electrons. The van der Waals surface area contributed by atoms with E-state index >= 15 is 0 Å². The monoisotopic (exact) mass is 363 g/mol. The fraction of sp³-hybridized carbons (Fsp3) is 0.312. The summed E-state index contributed by atoms with van der Waals surface area (Å²) in [6.45, 7) is 1.54. The zero-order valence-corrected chi connectivity index (χ0v) is 14.8. The number of anilines is 1. The lowest BCUT2D eigenvalue weighted by atomic mass is 10.1. The van der Waals surface area contributed by atoms with Gasteiger partial charge in [-0.25, -0.2) is 14.6 Å². The normalized spacial score (nSPS) is 14.3. The number of rotatable bonds is 3. The van der Waals surface area contributed by atoms with Gasteiger partial charge in [0, 0.05) is 35.5 Å². The number of amides is 2. The Balaban J connectivity index is 1.66. The van der Waals surface area contributed by atoms with Crippen LogP contribution < -0.4 is 5.32 Å². The van der Waals surface area contributed by atoms with Crippen LogP contribution in [0.25, 0.3) is 11.3 Å². The lowest BCUT2D eigenvalue weighted by Gasteiger charge is -2.25. The smallest absolute Gasteiger partial charge is 0.337 e. The Hall–Kier alpha value is -2.06. The highest BCUT2D eigenvalue weighted by Gasteiger charge is 2.18. The highest BCUT2D eigenvalue weighted by atomic mass is 32.2. The number of methoxy groups -OCH3 is 1. The molecule has 0 radical (unpaired) electrons. The van der Waals surface area contributed by atoms with Crippen LogP contribution in [-0.4, -0.2) is 53.6 Å². The standard InChI is InChI=1S/C16H17N3O3S2/c1-22-14(20)12-4-2-11(3-5-12)13-10-24-15(17-13)18-16(21)19-6-8-23-9-7-19/h2-5,10H,6-9H2,1H3,(H,17,18,21). The molecule has 8 heteroatoms. The molecule has 1 aliphatic heterocycles. The predicted octanol–water partition coefficient (Wildman–Crippen LogP) is 3.18. The molecule has 1 N–H and O–H groups in total. The number of ether oxygens (including phenoxy) is 1. The van der Waals surface area contributed by atoms with Crippen LogP contribution in [0.1, 0.15) is 10.4 Å². The van der Waals surface area contributed by atoms with Crippen LogP contribution in [0.5, 0.6) is 0 Å². The molecule has 1 aliphatic rings. The number of carbonyl (C=O) groups excluding carboxylic acids is 2. The van der Waals surface area contributed by atoms with Crippen LogP contribution in [0.15, 0.2) is 29.6 Å². The molecule has 0 spiro atoms. The van der Waals surface area contributed by atoms with Gasteiger partial charge >= 0.3 is 12.0 Å². The van der Waals surface area contributed by atoms with E-state index in [-0.39, 0.29) is 12.0 Å². The molecule has 0 bridgehead atoms. The van der Waals surface area contributed by atoms with Crippen LogP contribution in [0, 0.1) is 0 Å². The molecule has 0 atom stereocenters. The first-order chi connectivity index (χ1) is 11.7. The van der Waals surface area contributed by atoms with Crippen LogP contribution in [-0.2, 0) is 4.74 Å². The third-order valence-electron chi connectivity index (χ3n) is 3.62. The van der Waals surface area contributed by atoms with E-state index in [4.69, 9.17) is 0 Å². The average Bonchev–Trinajstić information content (AvgIpc) is 3.10. The van der Waals surface area contributed by atoms with Crippen molar-refractivity contribution >= 4 is 40.2 Å². The van der Waals surface area contributed by atoms with Crippen LogP contribution in [0.2, 0.25) is 0 Å². The Morgan fingerprint density at radius 1 is 1.21 bits per heavy atom. The van der Waals surface area contributed by atoms with E-state index < -0.39 is 0 Å². The average molecular weight is 363 g/mol. The molecule has 24 heavy (non-hydrogen) atoms. The summed E-state index contributed by atoms with van der Waals surface area (Å²) in [6.07, 6.45) is 0. The molecular weight excluding hydrogens is 346 g/mol. The van der Waals surface area contributed by atoms with E-state index in [0.717, 1.165) is 35.9 Å². The summed E-state index contributed by atoms with van der Waals surface area (Å²) in [6, 6.07) is 6.93. The number of nitrogens with one attached hydrogen (secondary N) is 1. The first-order valence-electron chi connectivity index (χ1n) is 7.45. The van der Waals surface area contributed by atoms with Crippen molar-refractivity contribution in [2.24, 2.45) is 0 Å². The second-order valence-electron chi connectivity index (χ2n) is 5.14. The largest absolute Gasteiger partial charge is 0.465 e. The topological polar surface area (TPSA) is 71.5 Å². The minimum absolute atomic E-state index is 0.0998. The summed E-state index contributed by atoms with van der Waals surface area (Å²) < 4.78 is 4.68. The number of urea groups is 1. The van der Waals surface area contributed by atoms with Gasteiger partial charge in [0.15, 0.2) is 5.13 Å². The maximum Gasteiger partial charge on any atom is 0.337 e. The highest BCUT2D eigenvalue weighted by Crippen LogP contribution is 2.25. The van der Waals surface area contributed by atoms with E-state index in [2.05, 4.69) is 15.0 Å². The predicted molar refractivity (Wildman–Crippen MR) is 96.8 cm³/mol. The van der Waals surface area contributed by atoms with Crippen molar-refractivity contribution in [3.8, 4) is 11.3 Å². The summed E-state index contributed by atoms with van der Waals surface area (Å²) in [7, 11) is 1.35. The zero-order valence-electron chi connectivity index (χ0n) is 13.2. The Labute approximate surface area is 148 Å². The van der Waals surface area contributed by atoms with E-state index in [1.165, 1.54) is 18.4 Å². The zero-order chi connectivity index (χ0) is 16.9. The van der Waals surface area contributed by atoms with Gasteiger partial charge < -0.3 is 9.64 Å². The fourth-order valence-corrected chi connectivity index (χ4v) is 3.91. The van der Waals surface area contributed by atoms with E-state index in [1.54, 1.807) is 12.1 Å². The van der Waals surface area contributed by atoms with Gasteiger partial charge in [0.1, 0.15) is 0 Å². The van der Waals surface area contributed by atoms with Gasteiger partial charge in [-0.1, -0.05) is 12.1 Å². The molecule has 0 unspecified atom stereocenters. The molecule has 0 saturated carbocycles. The van der Waals surface area contributed by atoms with Crippen molar-refractivity contribution in [3.05, 3.63) is 35.2 Å². The lowest BCUT2D eigenvalue weighted by molar-refractivity contribution is 0.0600. The number of benzene rings is 1. The SMILES string of the molecule is COC(=O)c1ccc(-c2csc(NC(=O)N3CCSCC3)n2)cc1. The van der Waals surface area contributed by atoms with Gasteiger partial charge in [-0.2, -0.15) is 11.8 Å². The minimum atomic E-state index is -0.368. The van der Waals surface area contributed by atoms with Gasteiger partial charge in [0.25, 0.3) is 0 Å². The second-order valence-corrected chi connectivity index (χ2v) is 7.22. The molecule has 2 heterocycles. The summed E-state index contributed by atoms with van der Waals surface area (Å²) >= 11 is 3.25. The van der Waals surface area contributed by atoms with E-state index in [0.29, 0.717) is 10.7 Å². The Bertz CT molecular complexity index is 724. The molecule has 1 fully saturated rings. The molecule has 6 nitrogen and oxygen atoms in total. The Kier molecular flexibility index (Phi) is 5.37.